The summed E-state index contributed by atoms with van der Waals surface area (Å²) in [5.74, 6) is 0.527. The molecule has 3 heteroatoms. The Morgan fingerprint density at radius 2 is 2.50 bits per heavy atom. The van der Waals surface area contributed by atoms with E-state index in [0.717, 1.165) is 12.8 Å². The van der Waals surface area contributed by atoms with Gasteiger partial charge in [0.05, 0.1) is 13.2 Å². The average Bonchev–Trinajstić information content (AvgIpc) is 2.69. The van der Waals surface area contributed by atoms with Crippen molar-refractivity contribution in [3.63, 3.8) is 0 Å². The highest BCUT2D eigenvalue weighted by atomic mass is 32.1. The third kappa shape index (κ3) is 2.42. The zero-order valence-electron chi connectivity index (χ0n) is 8.07. The Morgan fingerprint density at radius 3 is 3.21 bits per heavy atom. The second-order valence-corrected chi connectivity index (χ2v) is 4.64. The van der Waals surface area contributed by atoms with E-state index in [1.54, 1.807) is 11.3 Å². The largest absolute Gasteiger partial charge is 0.380 e. The number of hydrogen-bond acceptors (Lipinski definition) is 3. The van der Waals surface area contributed by atoms with Crippen LogP contribution in [0.3, 0.4) is 0 Å². The first kappa shape index (κ1) is 9.87. The molecule has 0 aromatic carbocycles. The second kappa shape index (κ2) is 4.71. The highest BCUT2D eigenvalue weighted by Gasteiger charge is 2.22. The first-order chi connectivity index (χ1) is 6.86. The molecule has 76 valence electrons. The molecule has 2 rings (SSSR count). The van der Waals surface area contributed by atoms with Crippen molar-refractivity contribution in [2.45, 2.75) is 19.3 Å². The van der Waals surface area contributed by atoms with Gasteiger partial charge in [-0.05, 0) is 24.3 Å². The van der Waals surface area contributed by atoms with Gasteiger partial charge < -0.3 is 4.74 Å². The molecular weight excluding hydrogens is 196 g/mol. The zero-order chi connectivity index (χ0) is 9.80. The Morgan fingerprint density at radius 1 is 1.57 bits per heavy atom. The van der Waals surface area contributed by atoms with Crippen LogP contribution >= 0.6 is 11.3 Å². The Hall–Kier alpha value is -0.670. The fourth-order valence-corrected chi connectivity index (χ4v) is 2.44. The van der Waals surface area contributed by atoms with Crippen molar-refractivity contribution >= 4 is 17.1 Å². The maximum atomic E-state index is 11.5. The van der Waals surface area contributed by atoms with Crippen LogP contribution in [0.4, 0.5) is 0 Å². The molecule has 1 aromatic rings. The van der Waals surface area contributed by atoms with Gasteiger partial charge >= 0.3 is 0 Å². The van der Waals surface area contributed by atoms with Crippen molar-refractivity contribution in [1.29, 1.82) is 0 Å². The van der Waals surface area contributed by atoms with Crippen molar-refractivity contribution in [2.75, 3.05) is 13.2 Å². The Bertz CT molecular complexity index is 292. The highest BCUT2D eigenvalue weighted by Crippen LogP contribution is 2.18. The lowest BCUT2D eigenvalue weighted by Gasteiger charge is -2.20. The maximum Gasteiger partial charge on any atom is 0.140 e. The summed E-state index contributed by atoms with van der Waals surface area (Å²) in [6.07, 6.45) is 2.56. The van der Waals surface area contributed by atoms with Gasteiger partial charge in [0.25, 0.3) is 0 Å². The van der Waals surface area contributed by atoms with Crippen LogP contribution in [-0.2, 0) is 16.0 Å². The summed E-state index contributed by atoms with van der Waals surface area (Å²) in [7, 11) is 0. The van der Waals surface area contributed by atoms with Gasteiger partial charge in [0.15, 0.2) is 0 Å². The summed E-state index contributed by atoms with van der Waals surface area (Å²) in [6, 6.07) is 4.18. The molecule has 0 saturated carbocycles. The van der Waals surface area contributed by atoms with E-state index in [0.29, 0.717) is 25.4 Å². The minimum Gasteiger partial charge on any atom is -0.380 e. The SMILES string of the molecule is O=C1CCOCC1CCc1cccs1. The molecule has 0 N–H and O–H groups in total. The van der Waals surface area contributed by atoms with Crippen LogP contribution in [0.2, 0.25) is 0 Å². The molecule has 0 aliphatic carbocycles. The van der Waals surface area contributed by atoms with E-state index >= 15 is 0 Å². The number of Topliss-reactive ketones (excluding diaryl/α,β-unsaturated/α-hetero) is 1. The van der Waals surface area contributed by atoms with E-state index in [-0.39, 0.29) is 5.92 Å². The number of hydrogen-bond donors (Lipinski definition) is 0. The molecule has 1 saturated heterocycles. The van der Waals surface area contributed by atoms with E-state index in [9.17, 15) is 4.79 Å². The predicted molar refractivity (Wildman–Crippen MR) is 56.6 cm³/mol. The average molecular weight is 210 g/mol. The normalized spacial score (nSPS) is 22.6. The summed E-state index contributed by atoms with van der Waals surface area (Å²) in [5.41, 5.74) is 0. The maximum absolute atomic E-state index is 11.5. The minimum atomic E-state index is 0.144. The van der Waals surface area contributed by atoms with Crippen LogP contribution in [0.5, 0.6) is 0 Å². The van der Waals surface area contributed by atoms with Gasteiger partial charge in [-0.1, -0.05) is 6.07 Å². The number of thiophene rings is 1. The van der Waals surface area contributed by atoms with Gasteiger partial charge in [-0.25, -0.2) is 0 Å². The molecule has 0 radical (unpaired) electrons. The third-order valence-electron chi connectivity index (χ3n) is 2.59. The number of ether oxygens (including phenoxy) is 1. The molecule has 14 heavy (non-hydrogen) atoms. The fourth-order valence-electron chi connectivity index (χ4n) is 1.71. The van der Waals surface area contributed by atoms with Gasteiger partial charge in [-0.15, -0.1) is 11.3 Å². The quantitative estimate of drug-likeness (QED) is 0.765. The standard InChI is InChI=1S/C11H14O2S/c12-11-5-6-13-8-9(11)3-4-10-2-1-7-14-10/h1-2,7,9H,3-6,8H2. The summed E-state index contributed by atoms with van der Waals surface area (Å²) in [5, 5.41) is 2.08. The van der Waals surface area contributed by atoms with Crippen LogP contribution in [0.25, 0.3) is 0 Å². The van der Waals surface area contributed by atoms with Gasteiger partial charge in [-0.3, -0.25) is 4.79 Å². The van der Waals surface area contributed by atoms with Crippen LogP contribution in [0.1, 0.15) is 17.7 Å². The summed E-state index contributed by atoms with van der Waals surface area (Å²) in [4.78, 5) is 12.8. The Kier molecular flexibility index (Phi) is 3.32. The van der Waals surface area contributed by atoms with Crippen molar-refractivity contribution in [3.8, 4) is 0 Å². The summed E-state index contributed by atoms with van der Waals surface area (Å²) < 4.78 is 5.30. The van der Waals surface area contributed by atoms with Crippen LogP contribution in [-0.4, -0.2) is 19.0 Å². The second-order valence-electron chi connectivity index (χ2n) is 3.61. The van der Waals surface area contributed by atoms with Crippen molar-refractivity contribution < 1.29 is 9.53 Å². The van der Waals surface area contributed by atoms with Crippen LogP contribution in [0, 0.1) is 5.92 Å². The number of ketones is 1. The molecule has 1 unspecified atom stereocenters. The Balaban J connectivity index is 1.82. The van der Waals surface area contributed by atoms with Gasteiger partial charge in [0, 0.05) is 17.2 Å². The fraction of sp³-hybridized carbons (Fsp3) is 0.545. The predicted octanol–water partition coefficient (Wildman–Crippen LogP) is 2.29. The van der Waals surface area contributed by atoms with Crippen molar-refractivity contribution in [3.05, 3.63) is 22.4 Å². The zero-order valence-corrected chi connectivity index (χ0v) is 8.89. The molecule has 1 aromatic heterocycles. The lowest BCUT2D eigenvalue weighted by atomic mass is 9.95. The molecule has 1 aliphatic heterocycles. The lowest BCUT2D eigenvalue weighted by Crippen LogP contribution is -2.27. The van der Waals surface area contributed by atoms with E-state index in [1.807, 2.05) is 0 Å². The molecule has 2 nitrogen and oxygen atoms in total. The minimum absolute atomic E-state index is 0.144. The molecule has 1 aliphatic rings. The number of carbonyl (C=O) groups is 1. The van der Waals surface area contributed by atoms with E-state index in [2.05, 4.69) is 17.5 Å². The van der Waals surface area contributed by atoms with Gasteiger partial charge in [0.2, 0.25) is 0 Å². The van der Waals surface area contributed by atoms with Crippen LogP contribution in [0.15, 0.2) is 17.5 Å². The van der Waals surface area contributed by atoms with E-state index < -0.39 is 0 Å². The smallest absolute Gasteiger partial charge is 0.140 e. The number of rotatable bonds is 3. The third-order valence-corrected chi connectivity index (χ3v) is 3.52. The molecule has 1 atom stereocenters. The summed E-state index contributed by atoms with van der Waals surface area (Å²) in [6.45, 7) is 1.25. The number of carbonyl (C=O) groups excluding carboxylic acids is 1. The van der Waals surface area contributed by atoms with Gasteiger partial charge in [-0.2, -0.15) is 0 Å². The highest BCUT2D eigenvalue weighted by molar-refractivity contribution is 7.09. The summed E-state index contributed by atoms with van der Waals surface area (Å²) >= 11 is 1.76. The molecular formula is C11H14O2S. The molecule has 0 spiro atoms. The topological polar surface area (TPSA) is 26.3 Å². The van der Waals surface area contributed by atoms with Crippen molar-refractivity contribution in [1.82, 2.24) is 0 Å². The lowest BCUT2D eigenvalue weighted by molar-refractivity contribution is -0.130. The molecule has 1 fully saturated rings. The van der Waals surface area contributed by atoms with E-state index in [1.165, 1.54) is 4.88 Å². The van der Waals surface area contributed by atoms with Gasteiger partial charge in [0.1, 0.15) is 5.78 Å². The molecule has 0 amide bonds. The van der Waals surface area contributed by atoms with Crippen molar-refractivity contribution in [2.24, 2.45) is 5.92 Å². The number of aryl methyl sites for hydroxylation is 1. The first-order valence-electron chi connectivity index (χ1n) is 4.99. The van der Waals surface area contributed by atoms with Crippen LogP contribution < -0.4 is 0 Å². The molecule has 2 heterocycles. The Labute approximate surface area is 87.9 Å². The van der Waals surface area contributed by atoms with E-state index in [4.69, 9.17) is 4.74 Å². The first-order valence-corrected chi connectivity index (χ1v) is 5.87. The monoisotopic (exact) mass is 210 g/mol. The molecule has 0 bridgehead atoms.